The molecule has 0 amide bonds. The Bertz CT molecular complexity index is 1260. The van der Waals surface area contributed by atoms with Crippen molar-refractivity contribution in [3.05, 3.63) is 89.0 Å². The number of halogens is 1. The van der Waals surface area contributed by atoms with Gasteiger partial charge in [0, 0.05) is 5.02 Å². The van der Waals surface area contributed by atoms with Crippen LogP contribution in [0.2, 0.25) is 5.02 Å². The number of carbonyl (C=O) groups is 2. The summed E-state index contributed by atoms with van der Waals surface area (Å²) in [7, 11) is 2.82. The van der Waals surface area contributed by atoms with Crippen LogP contribution in [0, 0.1) is 0 Å². The molecule has 0 heterocycles. The number of aromatic hydroxyl groups is 2. The number of carbonyl (C=O) groups excluding carboxylic acids is 2. The highest BCUT2D eigenvalue weighted by molar-refractivity contribution is 6.30. The molecular formula is C27H23ClN2O6. The molecular weight excluding hydrogens is 484 g/mol. The van der Waals surface area contributed by atoms with E-state index in [4.69, 9.17) is 21.1 Å². The zero-order valence-electron chi connectivity index (χ0n) is 19.5. The minimum atomic E-state index is -1.44. The van der Waals surface area contributed by atoms with Gasteiger partial charge in [0.15, 0.2) is 40.6 Å². The molecule has 0 bridgehead atoms. The zero-order valence-corrected chi connectivity index (χ0v) is 20.2. The number of azo groups is 1. The highest BCUT2D eigenvalue weighted by Crippen LogP contribution is 2.28. The first kappa shape index (κ1) is 26.2. The number of rotatable bonds is 10. The Labute approximate surface area is 212 Å². The predicted molar refractivity (Wildman–Crippen MR) is 137 cm³/mol. The first-order valence-corrected chi connectivity index (χ1v) is 11.0. The first-order chi connectivity index (χ1) is 17.3. The Kier molecular flexibility index (Phi) is 8.96. The van der Waals surface area contributed by atoms with Crippen LogP contribution in [0.25, 0.3) is 12.2 Å². The van der Waals surface area contributed by atoms with Crippen molar-refractivity contribution in [1.29, 1.82) is 0 Å². The van der Waals surface area contributed by atoms with Gasteiger partial charge in [0.1, 0.15) is 0 Å². The fraction of sp³-hybridized carbons (Fsp3) is 0.111. The van der Waals surface area contributed by atoms with E-state index in [1.54, 1.807) is 48.5 Å². The number of hydrogen-bond donors (Lipinski definition) is 2. The molecule has 0 aromatic heterocycles. The number of phenols is 2. The van der Waals surface area contributed by atoms with Crippen LogP contribution in [0.3, 0.4) is 0 Å². The Hall–Kier alpha value is -4.43. The number of benzene rings is 3. The summed E-state index contributed by atoms with van der Waals surface area (Å²) >= 11 is 5.89. The molecule has 3 aromatic carbocycles. The molecule has 0 aliphatic heterocycles. The van der Waals surface area contributed by atoms with Gasteiger partial charge in [-0.25, -0.2) is 0 Å². The molecule has 0 saturated carbocycles. The van der Waals surface area contributed by atoms with E-state index >= 15 is 0 Å². The lowest BCUT2D eigenvalue weighted by molar-refractivity contribution is -0.123. The van der Waals surface area contributed by atoms with Crippen LogP contribution in [0.1, 0.15) is 11.1 Å². The average Bonchev–Trinajstić information content (AvgIpc) is 2.88. The first-order valence-electron chi connectivity index (χ1n) is 10.6. The summed E-state index contributed by atoms with van der Waals surface area (Å²) in [5.41, 5.74) is 1.57. The normalized spacial score (nSPS) is 12.3. The minimum Gasteiger partial charge on any atom is -0.504 e. The SMILES string of the molecule is COc1cc(C=CC(=O)C(N=Nc2ccc(Cl)cc2)C(=O)C=Cc2ccc(O)c(OC)c2)ccc1O. The molecule has 9 heteroatoms. The van der Waals surface area contributed by atoms with E-state index in [-0.39, 0.29) is 23.0 Å². The molecule has 0 spiro atoms. The predicted octanol–water partition coefficient (Wildman–Crippen LogP) is 5.79. The molecule has 8 nitrogen and oxygen atoms in total. The highest BCUT2D eigenvalue weighted by Gasteiger charge is 2.22. The Morgan fingerprint density at radius 3 is 1.72 bits per heavy atom. The summed E-state index contributed by atoms with van der Waals surface area (Å²) in [6, 6.07) is 14.1. The molecule has 3 aromatic rings. The largest absolute Gasteiger partial charge is 0.504 e. The Morgan fingerprint density at radius 1 is 0.806 bits per heavy atom. The summed E-state index contributed by atoms with van der Waals surface area (Å²) in [6.45, 7) is 0. The van der Waals surface area contributed by atoms with Crippen LogP contribution in [0.5, 0.6) is 23.0 Å². The quantitative estimate of drug-likeness (QED) is 0.204. The van der Waals surface area contributed by atoms with E-state index in [1.165, 1.54) is 50.7 Å². The van der Waals surface area contributed by atoms with Crippen LogP contribution in [0.4, 0.5) is 5.69 Å². The van der Waals surface area contributed by atoms with Gasteiger partial charge in [-0.1, -0.05) is 35.9 Å². The second kappa shape index (κ2) is 12.3. The second-order valence-corrected chi connectivity index (χ2v) is 7.86. The van der Waals surface area contributed by atoms with Crippen LogP contribution in [0.15, 0.2) is 83.0 Å². The Morgan fingerprint density at radius 2 is 1.28 bits per heavy atom. The lowest BCUT2D eigenvalue weighted by Gasteiger charge is -2.06. The van der Waals surface area contributed by atoms with E-state index in [0.717, 1.165) is 0 Å². The van der Waals surface area contributed by atoms with Gasteiger partial charge in [0.25, 0.3) is 0 Å². The number of hydrogen-bond acceptors (Lipinski definition) is 8. The van der Waals surface area contributed by atoms with E-state index in [1.807, 2.05) is 0 Å². The maximum atomic E-state index is 13.0. The van der Waals surface area contributed by atoms with Gasteiger partial charge in [0.05, 0.1) is 19.9 Å². The number of methoxy groups -OCH3 is 2. The minimum absolute atomic E-state index is 0.0400. The van der Waals surface area contributed by atoms with E-state index in [2.05, 4.69) is 10.2 Å². The Balaban J connectivity index is 1.87. The van der Waals surface area contributed by atoms with Crippen molar-refractivity contribution in [3.8, 4) is 23.0 Å². The van der Waals surface area contributed by atoms with E-state index in [9.17, 15) is 19.8 Å². The molecule has 2 N–H and O–H groups in total. The van der Waals surface area contributed by atoms with Crippen molar-refractivity contribution in [1.82, 2.24) is 0 Å². The van der Waals surface area contributed by atoms with Gasteiger partial charge in [0.2, 0.25) is 0 Å². The molecule has 0 unspecified atom stereocenters. The van der Waals surface area contributed by atoms with Gasteiger partial charge in [-0.3, -0.25) is 9.59 Å². The molecule has 0 atom stereocenters. The van der Waals surface area contributed by atoms with Crippen LogP contribution < -0.4 is 9.47 Å². The van der Waals surface area contributed by atoms with Gasteiger partial charge < -0.3 is 19.7 Å². The van der Waals surface area contributed by atoms with Gasteiger partial charge in [-0.15, -0.1) is 0 Å². The number of phenolic OH excluding ortho intramolecular Hbond substituents is 2. The molecule has 36 heavy (non-hydrogen) atoms. The smallest absolute Gasteiger partial charge is 0.195 e. The topological polar surface area (TPSA) is 118 Å². The van der Waals surface area contributed by atoms with Crippen molar-refractivity contribution in [3.63, 3.8) is 0 Å². The molecule has 3 rings (SSSR count). The van der Waals surface area contributed by atoms with Crippen LogP contribution in [-0.4, -0.2) is 42.0 Å². The number of nitrogens with zero attached hydrogens (tertiary/aromatic N) is 2. The fourth-order valence-electron chi connectivity index (χ4n) is 3.02. The standard InChI is InChI=1S/C27H23ClN2O6/c1-35-25-15-17(3-11-21(25)31)5-13-23(33)27(30-29-20-9-7-19(28)8-10-20)24(34)14-6-18-4-12-22(32)26(16-18)36-2/h3-16,27,31-32H,1-2H3. The number of ether oxygens (including phenoxy) is 2. The summed E-state index contributed by atoms with van der Waals surface area (Å²) in [4.78, 5) is 25.9. The second-order valence-electron chi connectivity index (χ2n) is 7.43. The van der Waals surface area contributed by atoms with Crippen molar-refractivity contribution in [2.24, 2.45) is 10.2 Å². The van der Waals surface area contributed by atoms with Crippen molar-refractivity contribution in [2.45, 2.75) is 6.04 Å². The van der Waals surface area contributed by atoms with Crippen LogP contribution >= 0.6 is 11.6 Å². The third-order valence-corrected chi connectivity index (χ3v) is 5.19. The maximum absolute atomic E-state index is 13.0. The average molecular weight is 507 g/mol. The van der Waals surface area contributed by atoms with Crippen molar-refractivity contribution < 1.29 is 29.3 Å². The molecule has 0 radical (unpaired) electrons. The summed E-state index contributed by atoms with van der Waals surface area (Å²) < 4.78 is 10.1. The van der Waals surface area contributed by atoms with Gasteiger partial charge in [-0.2, -0.15) is 10.2 Å². The van der Waals surface area contributed by atoms with Gasteiger partial charge in [-0.05, 0) is 71.8 Å². The zero-order chi connectivity index (χ0) is 26.1. The summed E-state index contributed by atoms with van der Waals surface area (Å²) in [5, 5.41) is 28.0. The molecule has 0 aliphatic carbocycles. The lowest BCUT2D eigenvalue weighted by Crippen LogP contribution is -2.25. The molecule has 0 saturated heterocycles. The van der Waals surface area contributed by atoms with Crippen molar-refractivity contribution >= 4 is 41.0 Å². The van der Waals surface area contributed by atoms with Gasteiger partial charge >= 0.3 is 0 Å². The van der Waals surface area contributed by atoms with E-state index in [0.29, 0.717) is 21.8 Å². The lowest BCUT2D eigenvalue weighted by atomic mass is 10.1. The highest BCUT2D eigenvalue weighted by atomic mass is 35.5. The van der Waals surface area contributed by atoms with Crippen molar-refractivity contribution in [2.75, 3.05) is 14.2 Å². The monoisotopic (exact) mass is 506 g/mol. The fourth-order valence-corrected chi connectivity index (χ4v) is 3.15. The van der Waals surface area contributed by atoms with E-state index < -0.39 is 17.6 Å². The summed E-state index contributed by atoms with van der Waals surface area (Å²) in [5.74, 6) is -0.794. The molecule has 0 fully saturated rings. The molecule has 184 valence electrons. The van der Waals surface area contributed by atoms with Crippen LogP contribution in [-0.2, 0) is 9.59 Å². The molecule has 0 aliphatic rings. The maximum Gasteiger partial charge on any atom is 0.195 e. The third-order valence-electron chi connectivity index (χ3n) is 4.94. The number of ketones is 2. The summed E-state index contributed by atoms with van der Waals surface area (Å²) in [6.07, 6.45) is 5.40. The third kappa shape index (κ3) is 7.04.